The average molecular weight is 556 g/mol. The van der Waals surface area contributed by atoms with Crippen LogP contribution in [0.5, 0.6) is 5.75 Å². The molecule has 210 valence electrons. The van der Waals surface area contributed by atoms with E-state index < -0.39 is 38.1 Å². The van der Waals surface area contributed by atoms with Crippen LogP contribution in [0.4, 0.5) is 4.39 Å². The first-order chi connectivity index (χ1) is 18.2. The van der Waals surface area contributed by atoms with Crippen molar-refractivity contribution < 1.29 is 28.0 Å². The molecule has 0 aliphatic carbocycles. The van der Waals surface area contributed by atoms with Gasteiger partial charge in [-0.3, -0.25) is 4.79 Å². The van der Waals surface area contributed by atoms with Crippen molar-refractivity contribution in [2.24, 2.45) is 0 Å². The normalized spacial score (nSPS) is 16.6. The summed E-state index contributed by atoms with van der Waals surface area (Å²) in [5.74, 6) is -0.647. The van der Waals surface area contributed by atoms with Gasteiger partial charge in [-0.15, -0.1) is 0 Å². The second-order valence-electron chi connectivity index (χ2n) is 12.2. The first kappa shape index (κ1) is 29.3. The Morgan fingerprint density at radius 1 is 1.13 bits per heavy atom. The quantitative estimate of drug-likeness (QED) is 0.288. The second kappa shape index (κ2) is 11.0. The average Bonchev–Trinajstić information content (AvgIpc) is 3.36. The summed E-state index contributed by atoms with van der Waals surface area (Å²) < 4.78 is 39.6. The monoisotopic (exact) mass is 555 g/mol. The summed E-state index contributed by atoms with van der Waals surface area (Å²) in [6.07, 6.45) is 1.79. The molecule has 0 atom stereocenters. The summed E-state index contributed by atoms with van der Waals surface area (Å²) >= 11 is 0. The lowest BCUT2D eigenvalue weighted by molar-refractivity contribution is 0.00578. The summed E-state index contributed by atoms with van der Waals surface area (Å²) in [6, 6.07) is 8.80. The number of fused-ring (bicyclic) bond motifs is 1. The highest BCUT2D eigenvalue weighted by atomic mass is 28.3. The number of carbonyl (C=O) groups excluding carboxylic acids is 1. The Labute approximate surface area is 231 Å². The molecule has 0 saturated carbocycles. The molecule has 0 radical (unpaired) electrons. The van der Waals surface area contributed by atoms with Gasteiger partial charge in [0, 0.05) is 26.6 Å². The van der Waals surface area contributed by atoms with E-state index in [9.17, 15) is 9.18 Å². The van der Waals surface area contributed by atoms with Crippen LogP contribution in [0.25, 0.3) is 10.9 Å². The molecule has 0 unspecified atom stereocenters. The van der Waals surface area contributed by atoms with Crippen LogP contribution in [0.2, 0.25) is 25.7 Å². The van der Waals surface area contributed by atoms with Crippen LogP contribution in [-0.4, -0.2) is 55.8 Å². The van der Waals surface area contributed by atoms with Gasteiger partial charge in [-0.25, -0.2) is 9.07 Å². The van der Waals surface area contributed by atoms with Gasteiger partial charge < -0.3 is 24.1 Å². The smallest absolute Gasteiger partial charge is 0.495 e. The molecule has 1 aliphatic rings. The minimum Gasteiger partial charge on any atom is -0.496 e. The van der Waals surface area contributed by atoms with E-state index in [2.05, 4.69) is 30.1 Å². The van der Waals surface area contributed by atoms with Crippen molar-refractivity contribution in [3.05, 3.63) is 53.5 Å². The minimum absolute atomic E-state index is 0.130. The lowest BCUT2D eigenvalue weighted by atomic mass is 9.76. The Bertz CT molecular complexity index is 1340. The van der Waals surface area contributed by atoms with Crippen molar-refractivity contribution in [1.82, 2.24) is 15.1 Å². The number of ether oxygens (including phenoxy) is 2. The van der Waals surface area contributed by atoms with Gasteiger partial charge in [0.25, 0.3) is 5.91 Å². The Morgan fingerprint density at radius 2 is 1.82 bits per heavy atom. The number of rotatable bonds is 10. The molecule has 3 aromatic rings. The molecule has 8 nitrogen and oxygen atoms in total. The van der Waals surface area contributed by atoms with Gasteiger partial charge in [0.2, 0.25) is 0 Å². The third-order valence-corrected chi connectivity index (χ3v) is 9.19. The molecule has 1 fully saturated rings. The number of aromatic nitrogens is 2. The fraction of sp³-hybridized carbons (Fsp3) is 0.500. The molecular formula is C28H39BFN3O5Si. The number of methoxy groups -OCH3 is 1. The highest BCUT2D eigenvalue weighted by Gasteiger charge is 2.52. The lowest BCUT2D eigenvalue weighted by Gasteiger charge is -2.32. The fourth-order valence-electron chi connectivity index (χ4n) is 4.37. The number of nitrogens with one attached hydrogen (secondary N) is 1. The zero-order valence-corrected chi connectivity index (χ0v) is 25.2. The van der Waals surface area contributed by atoms with E-state index in [-0.39, 0.29) is 18.8 Å². The summed E-state index contributed by atoms with van der Waals surface area (Å²) in [5.41, 5.74) is 1.67. The van der Waals surface area contributed by atoms with Gasteiger partial charge in [-0.05, 0) is 63.0 Å². The number of amides is 1. The highest BCUT2D eigenvalue weighted by molar-refractivity contribution is 6.76. The third kappa shape index (κ3) is 6.37. The number of hydrogen-bond donors (Lipinski definition) is 1. The van der Waals surface area contributed by atoms with E-state index in [0.29, 0.717) is 12.4 Å². The minimum atomic E-state index is -1.24. The number of halogens is 1. The van der Waals surface area contributed by atoms with Crippen molar-refractivity contribution in [3.8, 4) is 5.75 Å². The SMILES string of the molecule is COc1ccc(F)cc1C(=O)NCc1ccc(B2OC(C)(C)C(C)(C)O2)c2cnn(COCC[Si](C)(C)C)c12. The van der Waals surface area contributed by atoms with Crippen LogP contribution < -0.4 is 15.5 Å². The summed E-state index contributed by atoms with van der Waals surface area (Å²) in [4.78, 5) is 13.0. The highest BCUT2D eigenvalue weighted by Crippen LogP contribution is 2.37. The Kier molecular flexibility index (Phi) is 8.28. The van der Waals surface area contributed by atoms with E-state index in [0.717, 1.165) is 28.0 Å². The molecule has 2 heterocycles. The number of benzene rings is 2. The Hall–Kier alpha value is -2.73. The number of carbonyl (C=O) groups is 1. The zero-order chi connectivity index (χ0) is 28.6. The maximum atomic E-state index is 13.9. The second-order valence-corrected chi connectivity index (χ2v) is 17.8. The fourth-order valence-corrected chi connectivity index (χ4v) is 5.12. The van der Waals surface area contributed by atoms with Crippen LogP contribution in [0.15, 0.2) is 36.5 Å². The standard InChI is InChI=1S/C28H39BFN3O5Si/c1-27(2)28(3,4)38-29(37-27)23-11-9-19(16-31-26(34)21-15-20(30)10-12-24(21)35-5)25-22(23)17-32-33(25)18-36-13-14-39(6,7)8/h9-12,15,17H,13-14,16,18H2,1-8H3,(H,31,34). The predicted octanol–water partition coefficient (Wildman–Crippen LogP) is 4.73. The number of hydrogen-bond acceptors (Lipinski definition) is 6. The van der Waals surface area contributed by atoms with Gasteiger partial charge >= 0.3 is 7.12 Å². The topological polar surface area (TPSA) is 83.8 Å². The molecule has 39 heavy (non-hydrogen) atoms. The van der Waals surface area contributed by atoms with E-state index in [1.54, 1.807) is 10.9 Å². The van der Waals surface area contributed by atoms with Gasteiger partial charge in [0.15, 0.2) is 0 Å². The first-order valence-corrected chi connectivity index (χ1v) is 17.0. The third-order valence-electron chi connectivity index (χ3n) is 7.48. The van der Waals surface area contributed by atoms with Crippen molar-refractivity contribution in [3.63, 3.8) is 0 Å². The van der Waals surface area contributed by atoms with E-state index >= 15 is 0 Å². The number of nitrogens with zero attached hydrogens (tertiary/aromatic N) is 2. The summed E-state index contributed by atoms with van der Waals surface area (Å²) in [7, 11) is -0.359. The van der Waals surface area contributed by atoms with Crippen LogP contribution in [-0.2, 0) is 27.3 Å². The van der Waals surface area contributed by atoms with Crippen LogP contribution >= 0.6 is 0 Å². The van der Waals surface area contributed by atoms with Crippen LogP contribution in [0.1, 0.15) is 43.6 Å². The molecule has 1 amide bonds. The predicted molar refractivity (Wildman–Crippen MR) is 154 cm³/mol. The van der Waals surface area contributed by atoms with Crippen molar-refractivity contribution in [2.75, 3.05) is 13.7 Å². The van der Waals surface area contributed by atoms with Gasteiger partial charge in [0.05, 0.1) is 35.6 Å². The van der Waals surface area contributed by atoms with Crippen molar-refractivity contribution in [2.45, 2.75) is 77.9 Å². The van der Waals surface area contributed by atoms with Gasteiger partial charge in [-0.2, -0.15) is 5.10 Å². The van der Waals surface area contributed by atoms with Gasteiger partial charge in [-0.1, -0.05) is 31.8 Å². The largest absolute Gasteiger partial charge is 0.496 e. The van der Waals surface area contributed by atoms with Crippen LogP contribution in [0, 0.1) is 5.82 Å². The van der Waals surface area contributed by atoms with E-state index in [1.165, 1.54) is 25.3 Å². The molecule has 1 N–H and O–H groups in total. The summed E-state index contributed by atoms with van der Waals surface area (Å²) in [6.45, 7) is 16.1. The van der Waals surface area contributed by atoms with Crippen molar-refractivity contribution in [1.29, 1.82) is 0 Å². The van der Waals surface area contributed by atoms with Crippen LogP contribution in [0.3, 0.4) is 0 Å². The zero-order valence-electron chi connectivity index (χ0n) is 24.2. The Balaban J connectivity index is 1.64. The molecular weight excluding hydrogens is 516 g/mol. The molecule has 1 saturated heterocycles. The maximum absolute atomic E-state index is 13.9. The molecule has 11 heteroatoms. The first-order valence-electron chi connectivity index (χ1n) is 13.2. The van der Waals surface area contributed by atoms with Crippen molar-refractivity contribution >= 4 is 37.5 Å². The molecule has 2 aromatic carbocycles. The molecule has 1 aliphatic heterocycles. The van der Waals surface area contributed by atoms with E-state index in [1.807, 2.05) is 39.8 Å². The molecule has 0 spiro atoms. The Morgan fingerprint density at radius 3 is 2.46 bits per heavy atom. The molecule has 4 rings (SSSR count). The molecule has 0 bridgehead atoms. The maximum Gasteiger partial charge on any atom is 0.495 e. The molecule has 1 aromatic heterocycles. The lowest BCUT2D eigenvalue weighted by Crippen LogP contribution is -2.41. The van der Waals surface area contributed by atoms with E-state index in [4.69, 9.17) is 18.8 Å². The van der Waals surface area contributed by atoms with Gasteiger partial charge in [0.1, 0.15) is 18.3 Å². The summed E-state index contributed by atoms with van der Waals surface area (Å²) in [5, 5.41) is 8.39.